The molecule has 2 fully saturated rings. The fourth-order valence-corrected chi connectivity index (χ4v) is 3.89. The van der Waals surface area contributed by atoms with E-state index in [1.807, 2.05) is 0 Å². The third kappa shape index (κ3) is 3.57. The highest BCUT2D eigenvalue weighted by atomic mass is 35.5. The van der Waals surface area contributed by atoms with Crippen LogP contribution in [-0.2, 0) is 9.53 Å². The molecule has 1 aromatic carbocycles. The first-order chi connectivity index (χ1) is 11.9. The van der Waals surface area contributed by atoms with Crippen LogP contribution in [0.1, 0.15) is 12.8 Å². The number of rotatable bonds is 2. The molecule has 2 aliphatic heterocycles. The lowest BCUT2D eigenvalue weighted by Crippen LogP contribution is -2.43. The number of carbonyl (C=O) groups excluding carboxylic acids is 2. The quantitative estimate of drug-likeness (QED) is 0.841. The summed E-state index contributed by atoms with van der Waals surface area (Å²) in [6.07, 6.45) is 1.45. The number of likely N-dealkylation sites (tertiary alicyclic amines) is 1. The Hall–Kier alpha value is -1.86. The molecule has 1 spiro atoms. The van der Waals surface area contributed by atoms with E-state index in [9.17, 15) is 14.0 Å². The zero-order valence-electron chi connectivity index (χ0n) is 14.0. The number of hydrogen-bond acceptors (Lipinski definition) is 3. The number of nitrogens with one attached hydrogen (secondary N) is 2. The van der Waals surface area contributed by atoms with E-state index in [0.717, 1.165) is 18.9 Å². The normalized spacial score (nSPS) is 22.0. The Balaban J connectivity index is 1.76. The van der Waals surface area contributed by atoms with Crippen LogP contribution in [0.15, 0.2) is 18.2 Å². The minimum absolute atomic E-state index is 0.0684. The molecule has 0 aromatic heterocycles. The van der Waals surface area contributed by atoms with E-state index in [1.165, 1.54) is 12.1 Å². The van der Waals surface area contributed by atoms with Crippen molar-refractivity contribution in [2.75, 3.05) is 38.7 Å². The van der Waals surface area contributed by atoms with Crippen LogP contribution in [0.2, 0.25) is 5.02 Å². The van der Waals surface area contributed by atoms with Crippen LogP contribution >= 0.6 is 11.6 Å². The van der Waals surface area contributed by atoms with Crippen molar-refractivity contribution in [2.45, 2.75) is 12.8 Å². The summed E-state index contributed by atoms with van der Waals surface area (Å²) in [5, 5.41) is 5.52. The van der Waals surface area contributed by atoms with Crippen molar-refractivity contribution in [2.24, 2.45) is 11.3 Å². The minimum Gasteiger partial charge on any atom is -0.381 e. The van der Waals surface area contributed by atoms with Crippen LogP contribution in [0.3, 0.4) is 0 Å². The molecular weight excluding hydrogens is 349 g/mol. The van der Waals surface area contributed by atoms with Gasteiger partial charge in [-0.05, 0) is 31.0 Å². The molecule has 0 saturated carbocycles. The van der Waals surface area contributed by atoms with Gasteiger partial charge in [-0.25, -0.2) is 9.18 Å². The van der Waals surface area contributed by atoms with Crippen molar-refractivity contribution in [3.63, 3.8) is 0 Å². The van der Waals surface area contributed by atoms with Gasteiger partial charge < -0.3 is 20.3 Å². The zero-order chi connectivity index (χ0) is 18.0. The summed E-state index contributed by atoms with van der Waals surface area (Å²) in [4.78, 5) is 26.5. The van der Waals surface area contributed by atoms with Gasteiger partial charge in [-0.2, -0.15) is 0 Å². The maximum Gasteiger partial charge on any atom is 0.321 e. The van der Waals surface area contributed by atoms with Crippen LogP contribution in [0.5, 0.6) is 0 Å². The third-order valence-corrected chi connectivity index (χ3v) is 5.39. The summed E-state index contributed by atoms with van der Waals surface area (Å²) in [7, 11) is 1.60. The van der Waals surface area contributed by atoms with Gasteiger partial charge in [0.15, 0.2) is 0 Å². The van der Waals surface area contributed by atoms with Crippen LogP contribution in [0.4, 0.5) is 14.9 Å². The summed E-state index contributed by atoms with van der Waals surface area (Å²) in [5.74, 6) is -0.958. The molecule has 0 aliphatic carbocycles. The van der Waals surface area contributed by atoms with Crippen LogP contribution in [0, 0.1) is 17.2 Å². The maximum atomic E-state index is 13.9. The van der Waals surface area contributed by atoms with Crippen molar-refractivity contribution in [3.8, 4) is 0 Å². The predicted octanol–water partition coefficient (Wildman–Crippen LogP) is 2.49. The molecule has 2 heterocycles. The van der Waals surface area contributed by atoms with Crippen LogP contribution in [0.25, 0.3) is 0 Å². The number of halogens is 2. The first-order valence-corrected chi connectivity index (χ1v) is 8.63. The molecule has 3 amide bonds. The zero-order valence-corrected chi connectivity index (χ0v) is 14.7. The Morgan fingerprint density at radius 2 is 2.08 bits per heavy atom. The predicted molar refractivity (Wildman–Crippen MR) is 92.0 cm³/mol. The van der Waals surface area contributed by atoms with Crippen molar-refractivity contribution < 1.29 is 18.7 Å². The number of carbonyl (C=O) groups is 2. The van der Waals surface area contributed by atoms with Gasteiger partial charge in [-0.15, -0.1) is 0 Å². The largest absolute Gasteiger partial charge is 0.381 e. The number of nitrogens with zero attached hydrogens (tertiary/aromatic N) is 1. The van der Waals surface area contributed by atoms with Gasteiger partial charge in [0.2, 0.25) is 5.91 Å². The molecule has 1 unspecified atom stereocenters. The molecule has 2 saturated heterocycles. The summed E-state index contributed by atoms with van der Waals surface area (Å²) < 4.78 is 19.3. The van der Waals surface area contributed by atoms with E-state index in [4.69, 9.17) is 16.3 Å². The fourth-order valence-electron chi connectivity index (χ4n) is 3.73. The van der Waals surface area contributed by atoms with Gasteiger partial charge in [0.25, 0.3) is 0 Å². The lowest BCUT2D eigenvalue weighted by atomic mass is 9.72. The summed E-state index contributed by atoms with van der Waals surface area (Å²) in [6.45, 7) is 1.92. The highest BCUT2D eigenvalue weighted by Gasteiger charge is 2.51. The van der Waals surface area contributed by atoms with Gasteiger partial charge >= 0.3 is 6.03 Å². The molecule has 1 aromatic rings. The van der Waals surface area contributed by atoms with E-state index >= 15 is 0 Å². The second kappa shape index (κ2) is 7.17. The Labute approximate surface area is 150 Å². The van der Waals surface area contributed by atoms with Gasteiger partial charge in [0.05, 0.1) is 11.6 Å². The fraction of sp³-hybridized carbons (Fsp3) is 0.529. The van der Waals surface area contributed by atoms with E-state index in [1.54, 1.807) is 11.9 Å². The number of amides is 3. The SMILES string of the molecule is CNC(=O)C1CN(C(=O)Nc2ccc(Cl)cc2F)CC12CCOCC2. The average Bonchev–Trinajstić information content (AvgIpc) is 2.96. The van der Waals surface area contributed by atoms with Crippen molar-refractivity contribution in [3.05, 3.63) is 29.0 Å². The Morgan fingerprint density at radius 3 is 2.72 bits per heavy atom. The summed E-state index contributed by atoms with van der Waals surface area (Å²) in [6, 6.07) is 3.66. The summed E-state index contributed by atoms with van der Waals surface area (Å²) >= 11 is 5.73. The number of anilines is 1. The van der Waals surface area contributed by atoms with Crippen molar-refractivity contribution in [1.29, 1.82) is 0 Å². The molecule has 8 heteroatoms. The Morgan fingerprint density at radius 1 is 1.36 bits per heavy atom. The van der Waals surface area contributed by atoms with Crippen molar-refractivity contribution in [1.82, 2.24) is 10.2 Å². The first kappa shape index (κ1) is 17.9. The highest BCUT2D eigenvalue weighted by Crippen LogP contribution is 2.44. The topological polar surface area (TPSA) is 70.7 Å². The minimum atomic E-state index is -0.594. The van der Waals surface area contributed by atoms with Gasteiger partial charge in [-0.3, -0.25) is 4.79 Å². The van der Waals surface area contributed by atoms with Gasteiger partial charge in [-0.1, -0.05) is 11.6 Å². The van der Waals surface area contributed by atoms with E-state index < -0.39 is 11.8 Å². The smallest absolute Gasteiger partial charge is 0.321 e. The van der Waals surface area contributed by atoms with Gasteiger partial charge in [0.1, 0.15) is 5.82 Å². The highest BCUT2D eigenvalue weighted by molar-refractivity contribution is 6.30. The lowest BCUT2D eigenvalue weighted by molar-refractivity contribution is -0.129. The number of urea groups is 1. The van der Waals surface area contributed by atoms with Crippen LogP contribution < -0.4 is 10.6 Å². The monoisotopic (exact) mass is 369 g/mol. The molecule has 3 rings (SSSR count). The Kier molecular flexibility index (Phi) is 5.15. The molecule has 25 heavy (non-hydrogen) atoms. The molecule has 0 radical (unpaired) electrons. The van der Waals surface area contributed by atoms with E-state index in [-0.39, 0.29) is 28.0 Å². The molecule has 2 aliphatic rings. The molecule has 6 nitrogen and oxygen atoms in total. The summed E-state index contributed by atoms with van der Waals surface area (Å²) in [5.41, 5.74) is -0.215. The lowest BCUT2D eigenvalue weighted by Gasteiger charge is -2.36. The molecule has 1 atom stereocenters. The molecule has 0 bridgehead atoms. The molecule has 2 N–H and O–H groups in total. The average molecular weight is 370 g/mol. The Bertz CT molecular complexity index is 679. The number of hydrogen-bond donors (Lipinski definition) is 2. The molecular formula is C17H21ClFN3O3. The second-order valence-electron chi connectivity index (χ2n) is 6.58. The second-order valence-corrected chi connectivity index (χ2v) is 7.01. The van der Waals surface area contributed by atoms with E-state index in [0.29, 0.717) is 26.3 Å². The first-order valence-electron chi connectivity index (χ1n) is 8.25. The third-order valence-electron chi connectivity index (χ3n) is 5.16. The number of ether oxygens (including phenoxy) is 1. The van der Waals surface area contributed by atoms with E-state index in [2.05, 4.69) is 10.6 Å². The maximum absolute atomic E-state index is 13.9. The van der Waals surface area contributed by atoms with Crippen molar-refractivity contribution >= 4 is 29.2 Å². The molecule has 136 valence electrons. The van der Waals surface area contributed by atoms with Gasteiger partial charge in [0, 0.05) is 43.8 Å². The standard InChI is InChI=1S/C17H21ClFN3O3/c1-20-15(23)12-9-22(10-17(12)4-6-25-7-5-17)16(24)21-14-3-2-11(18)8-13(14)19/h2-3,8,12H,4-7,9-10H2,1H3,(H,20,23)(H,21,24). The van der Waals surface area contributed by atoms with Crippen LogP contribution in [-0.4, -0.2) is 50.2 Å². The number of benzene rings is 1.